The molecule has 2 rings (SSSR count). The average Bonchev–Trinajstić information content (AvgIpc) is 2.90. The zero-order valence-electron chi connectivity index (χ0n) is 12.9. The highest BCUT2D eigenvalue weighted by molar-refractivity contribution is 7.89. The fourth-order valence-electron chi connectivity index (χ4n) is 2.95. The highest BCUT2D eigenvalue weighted by atomic mass is 32.2. The molecule has 0 aromatic carbocycles. The standard InChI is InChI=1S/C14H25N3O3S/c1-11-7-12(2)13(3)17(9-11)21(19,20)14-8-15-16(10-14)5-4-6-18/h8,10-13,18H,4-7,9H2,1-3H3. The maximum absolute atomic E-state index is 12.8. The predicted octanol–water partition coefficient (Wildman–Crippen LogP) is 1.32. The Hall–Kier alpha value is -0.920. The first-order chi connectivity index (χ1) is 9.86. The summed E-state index contributed by atoms with van der Waals surface area (Å²) in [6.07, 6.45) is 4.59. The Morgan fingerprint density at radius 2 is 2.10 bits per heavy atom. The SMILES string of the molecule is CC1CC(C)C(C)N(S(=O)(=O)c2cnn(CCCO)c2)C1. The van der Waals surface area contributed by atoms with E-state index in [9.17, 15) is 8.42 Å². The number of hydrogen-bond donors (Lipinski definition) is 1. The summed E-state index contributed by atoms with van der Waals surface area (Å²) in [4.78, 5) is 0.244. The summed E-state index contributed by atoms with van der Waals surface area (Å²) in [6.45, 7) is 7.33. The number of piperidine rings is 1. The summed E-state index contributed by atoms with van der Waals surface area (Å²) in [6, 6.07) is 0.00647. The summed E-state index contributed by atoms with van der Waals surface area (Å²) in [5.41, 5.74) is 0. The molecule has 1 aromatic rings. The molecule has 3 unspecified atom stereocenters. The second-order valence-corrected chi connectivity index (χ2v) is 8.04. The molecule has 0 bridgehead atoms. The lowest BCUT2D eigenvalue weighted by Crippen LogP contribution is -2.48. The molecular weight excluding hydrogens is 290 g/mol. The van der Waals surface area contributed by atoms with Crippen LogP contribution in [0.1, 0.15) is 33.6 Å². The molecule has 3 atom stereocenters. The molecule has 1 aliphatic heterocycles. The van der Waals surface area contributed by atoms with Gasteiger partial charge in [-0.2, -0.15) is 9.40 Å². The molecule has 0 aliphatic carbocycles. The third-order valence-electron chi connectivity index (χ3n) is 4.31. The third-order valence-corrected chi connectivity index (χ3v) is 6.21. The molecule has 1 fully saturated rings. The Labute approximate surface area is 126 Å². The summed E-state index contributed by atoms with van der Waals surface area (Å²) in [5, 5.41) is 12.9. The van der Waals surface area contributed by atoms with Crippen LogP contribution in [0.2, 0.25) is 0 Å². The second-order valence-electron chi connectivity index (χ2n) is 6.15. The van der Waals surface area contributed by atoms with E-state index in [-0.39, 0.29) is 17.5 Å². The van der Waals surface area contributed by atoms with Gasteiger partial charge in [-0.05, 0) is 31.6 Å². The maximum Gasteiger partial charge on any atom is 0.246 e. The summed E-state index contributed by atoms with van der Waals surface area (Å²) in [5.74, 6) is 0.725. The molecule has 1 aliphatic rings. The lowest BCUT2D eigenvalue weighted by molar-refractivity contribution is 0.157. The Morgan fingerprint density at radius 3 is 2.76 bits per heavy atom. The molecule has 0 saturated carbocycles. The number of hydrogen-bond acceptors (Lipinski definition) is 4. The van der Waals surface area contributed by atoms with Crippen molar-refractivity contribution in [1.29, 1.82) is 0 Å². The van der Waals surface area contributed by atoms with Gasteiger partial charge in [0.2, 0.25) is 10.0 Å². The van der Waals surface area contributed by atoms with Gasteiger partial charge in [-0.25, -0.2) is 8.42 Å². The van der Waals surface area contributed by atoms with Gasteiger partial charge in [0.05, 0.1) is 6.20 Å². The van der Waals surface area contributed by atoms with Gasteiger partial charge < -0.3 is 5.11 Å². The number of aromatic nitrogens is 2. The van der Waals surface area contributed by atoms with E-state index < -0.39 is 10.0 Å². The number of sulfonamides is 1. The summed E-state index contributed by atoms with van der Waals surface area (Å²) in [7, 11) is -3.49. The van der Waals surface area contributed by atoms with Crippen molar-refractivity contribution in [3.63, 3.8) is 0 Å². The first kappa shape index (κ1) is 16.5. The fraction of sp³-hybridized carbons (Fsp3) is 0.786. The second kappa shape index (κ2) is 6.46. The van der Waals surface area contributed by atoms with E-state index in [0.717, 1.165) is 6.42 Å². The van der Waals surface area contributed by atoms with Crippen LogP contribution in [0, 0.1) is 11.8 Å². The first-order valence-corrected chi connectivity index (χ1v) is 8.95. The van der Waals surface area contributed by atoms with E-state index in [4.69, 9.17) is 5.11 Å². The van der Waals surface area contributed by atoms with Crippen LogP contribution in [0.4, 0.5) is 0 Å². The van der Waals surface area contributed by atoms with E-state index in [1.165, 1.54) is 6.20 Å². The van der Waals surface area contributed by atoms with Crippen molar-refractivity contribution < 1.29 is 13.5 Å². The van der Waals surface area contributed by atoms with Crippen molar-refractivity contribution in [3.8, 4) is 0 Å². The predicted molar refractivity (Wildman–Crippen MR) is 80.2 cm³/mol. The van der Waals surface area contributed by atoms with Crippen molar-refractivity contribution in [1.82, 2.24) is 14.1 Å². The minimum atomic E-state index is -3.49. The molecule has 6 nitrogen and oxygen atoms in total. The van der Waals surface area contributed by atoms with Crippen LogP contribution < -0.4 is 0 Å². The summed E-state index contributed by atoms with van der Waals surface area (Å²) < 4.78 is 28.8. The zero-order valence-corrected chi connectivity index (χ0v) is 13.8. The Balaban J connectivity index is 2.22. The zero-order chi connectivity index (χ0) is 15.6. The smallest absolute Gasteiger partial charge is 0.246 e. The molecule has 0 spiro atoms. The molecule has 21 heavy (non-hydrogen) atoms. The minimum Gasteiger partial charge on any atom is -0.396 e. The van der Waals surface area contributed by atoms with Gasteiger partial charge in [0.1, 0.15) is 4.90 Å². The van der Waals surface area contributed by atoms with E-state index >= 15 is 0 Å². The molecule has 120 valence electrons. The average molecular weight is 315 g/mol. The molecule has 0 amide bonds. The Bertz CT molecular complexity index is 570. The maximum atomic E-state index is 12.8. The van der Waals surface area contributed by atoms with Gasteiger partial charge in [-0.15, -0.1) is 0 Å². The largest absolute Gasteiger partial charge is 0.396 e. The number of aryl methyl sites for hydroxylation is 1. The fourth-order valence-corrected chi connectivity index (χ4v) is 4.75. The van der Waals surface area contributed by atoms with Crippen LogP contribution in [-0.2, 0) is 16.6 Å². The van der Waals surface area contributed by atoms with Crippen LogP contribution in [0.3, 0.4) is 0 Å². The van der Waals surface area contributed by atoms with Crippen LogP contribution in [0.15, 0.2) is 17.3 Å². The van der Waals surface area contributed by atoms with Crippen LogP contribution in [0.25, 0.3) is 0 Å². The van der Waals surface area contributed by atoms with E-state index in [2.05, 4.69) is 18.9 Å². The van der Waals surface area contributed by atoms with Gasteiger partial charge in [0.25, 0.3) is 0 Å². The third kappa shape index (κ3) is 3.46. The van der Waals surface area contributed by atoms with Gasteiger partial charge in [0, 0.05) is 31.9 Å². The lowest BCUT2D eigenvalue weighted by atomic mass is 9.88. The number of aliphatic hydroxyl groups is 1. The van der Waals surface area contributed by atoms with Crippen molar-refractivity contribution in [2.75, 3.05) is 13.2 Å². The van der Waals surface area contributed by atoms with Gasteiger partial charge in [0.15, 0.2) is 0 Å². The monoisotopic (exact) mass is 315 g/mol. The topological polar surface area (TPSA) is 75.4 Å². The van der Waals surface area contributed by atoms with Gasteiger partial charge >= 0.3 is 0 Å². The van der Waals surface area contributed by atoms with Crippen LogP contribution in [0.5, 0.6) is 0 Å². The minimum absolute atomic E-state index is 0.00647. The molecular formula is C14H25N3O3S. The molecule has 2 heterocycles. The molecule has 0 radical (unpaired) electrons. The lowest BCUT2D eigenvalue weighted by Gasteiger charge is -2.39. The molecule has 1 N–H and O–H groups in total. The highest BCUT2D eigenvalue weighted by Crippen LogP contribution is 2.31. The number of rotatable bonds is 5. The van der Waals surface area contributed by atoms with Gasteiger partial charge in [-0.3, -0.25) is 4.68 Å². The normalized spacial score (nSPS) is 27.9. The van der Waals surface area contributed by atoms with Crippen molar-refractivity contribution >= 4 is 10.0 Å². The molecule has 1 aromatic heterocycles. The quantitative estimate of drug-likeness (QED) is 0.889. The molecule has 1 saturated heterocycles. The van der Waals surface area contributed by atoms with Crippen molar-refractivity contribution in [2.24, 2.45) is 11.8 Å². The summed E-state index contributed by atoms with van der Waals surface area (Å²) >= 11 is 0. The number of aliphatic hydroxyl groups excluding tert-OH is 1. The van der Waals surface area contributed by atoms with E-state index in [0.29, 0.717) is 31.3 Å². The van der Waals surface area contributed by atoms with Crippen molar-refractivity contribution in [3.05, 3.63) is 12.4 Å². The molecule has 7 heteroatoms. The van der Waals surface area contributed by atoms with Crippen LogP contribution in [-0.4, -0.2) is 46.8 Å². The Morgan fingerprint density at radius 1 is 1.38 bits per heavy atom. The van der Waals surface area contributed by atoms with Crippen LogP contribution >= 0.6 is 0 Å². The first-order valence-electron chi connectivity index (χ1n) is 7.51. The van der Waals surface area contributed by atoms with Gasteiger partial charge in [-0.1, -0.05) is 13.8 Å². The highest BCUT2D eigenvalue weighted by Gasteiger charge is 2.37. The van der Waals surface area contributed by atoms with Crippen molar-refractivity contribution in [2.45, 2.75) is 51.1 Å². The van der Waals surface area contributed by atoms with E-state index in [1.54, 1.807) is 15.2 Å². The Kier molecular flexibility index (Phi) is 5.06. The number of nitrogens with zero attached hydrogens (tertiary/aromatic N) is 3. The van der Waals surface area contributed by atoms with E-state index in [1.807, 2.05) is 6.92 Å².